The van der Waals surface area contributed by atoms with E-state index in [1.807, 2.05) is 26.0 Å². The van der Waals surface area contributed by atoms with E-state index in [2.05, 4.69) is 20.4 Å². The first-order valence-electron chi connectivity index (χ1n) is 10.2. The Morgan fingerprint density at radius 3 is 2.61 bits per heavy atom. The molecule has 33 heavy (non-hydrogen) atoms. The molecule has 1 amide bonds. The molecule has 0 aromatic carbocycles. The standard InChI is InChI=1S/C21H22F3N5O3S/c1-11-6-14(7-12(2)26-11)18-16(8-25-19(30)15-10-32-28-13(15)3)27-20(33-18)29-4-5-31-17(9-29)21(22,23)24/h6-7,10,17H,4-5,8-9H2,1-3H3,(H,25,30). The van der Waals surface area contributed by atoms with E-state index in [0.717, 1.165) is 21.8 Å². The van der Waals surface area contributed by atoms with E-state index >= 15 is 0 Å². The molecule has 0 aliphatic carbocycles. The van der Waals surface area contributed by atoms with Crippen molar-refractivity contribution in [3.63, 3.8) is 0 Å². The molecule has 0 saturated carbocycles. The van der Waals surface area contributed by atoms with Gasteiger partial charge in [0.2, 0.25) is 0 Å². The van der Waals surface area contributed by atoms with Gasteiger partial charge in [0.25, 0.3) is 5.91 Å². The highest BCUT2D eigenvalue weighted by molar-refractivity contribution is 7.19. The van der Waals surface area contributed by atoms with Gasteiger partial charge in [-0.1, -0.05) is 16.5 Å². The summed E-state index contributed by atoms with van der Waals surface area (Å²) in [5, 5.41) is 6.94. The van der Waals surface area contributed by atoms with Crippen LogP contribution >= 0.6 is 11.3 Å². The molecule has 1 aliphatic heterocycles. The number of ether oxygens (including phenoxy) is 1. The predicted octanol–water partition coefficient (Wildman–Crippen LogP) is 3.82. The lowest BCUT2D eigenvalue weighted by Gasteiger charge is -2.33. The molecule has 4 heterocycles. The van der Waals surface area contributed by atoms with Crippen molar-refractivity contribution in [3.8, 4) is 10.4 Å². The molecular formula is C21H22F3N5O3S. The van der Waals surface area contributed by atoms with Crippen molar-refractivity contribution in [3.05, 3.63) is 46.7 Å². The largest absolute Gasteiger partial charge is 0.416 e. The summed E-state index contributed by atoms with van der Waals surface area (Å²) in [6.07, 6.45) is -5.06. The number of carbonyl (C=O) groups excluding carboxylic acids is 1. The number of rotatable bonds is 5. The molecule has 8 nitrogen and oxygen atoms in total. The lowest BCUT2D eigenvalue weighted by atomic mass is 10.1. The molecule has 0 radical (unpaired) electrons. The minimum absolute atomic E-state index is 0.0502. The number of thiazole rings is 1. The van der Waals surface area contributed by atoms with Crippen molar-refractivity contribution in [2.45, 2.75) is 39.6 Å². The first kappa shape index (κ1) is 23.2. The lowest BCUT2D eigenvalue weighted by Crippen LogP contribution is -2.49. The highest BCUT2D eigenvalue weighted by atomic mass is 32.1. The zero-order valence-electron chi connectivity index (χ0n) is 18.2. The second-order valence-electron chi connectivity index (χ2n) is 7.75. The SMILES string of the molecule is Cc1cc(-c2sc(N3CCOC(C(F)(F)F)C3)nc2CNC(=O)c2conc2C)cc(C)n1. The maximum absolute atomic E-state index is 13.2. The predicted molar refractivity (Wildman–Crippen MR) is 115 cm³/mol. The van der Waals surface area contributed by atoms with Crippen molar-refractivity contribution < 1.29 is 27.2 Å². The fourth-order valence-electron chi connectivity index (χ4n) is 3.58. The summed E-state index contributed by atoms with van der Waals surface area (Å²) < 4.78 is 49.4. The van der Waals surface area contributed by atoms with Gasteiger partial charge in [0.1, 0.15) is 11.8 Å². The van der Waals surface area contributed by atoms with Gasteiger partial charge in [0.15, 0.2) is 11.2 Å². The van der Waals surface area contributed by atoms with Crippen LogP contribution < -0.4 is 10.2 Å². The molecule has 3 aromatic rings. The Bertz CT molecular complexity index is 1140. The van der Waals surface area contributed by atoms with Crippen LogP contribution in [0.25, 0.3) is 10.4 Å². The summed E-state index contributed by atoms with van der Waals surface area (Å²) in [6.45, 7) is 5.38. The van der Waals surface area contributed by atoms with Gasteiger partial charge in [0, 0.05) is 17.9 Å². The quantitative estimate of drug-likeness (QED) is 0.592. The van der Waals surface area contributed by atoms with Crippen molar-refractivity contribution >= 4 is 22.4 Å². The summed E-state index contributed by atoms with van der Waals surface area (Å²) >= 11 is 1.28. The van der Waals surface area contributed by atoms with Crippen LogP contribution in [0, 0.1) is 20.8 Å². The summed E-state index contributed by atoms with van der Waals surface area (Å²) in [7, 11) is 0. The smallest absolute Gasteiger partial charge is 0.365 e. The molecule has 3 aromatic heterocycles. The fraction of sp³-hybridized carbons (Fsp3) is 0.429. The van der Waals surface area contributed by atoms with Crippen molar-refractivity contribution in [2.75, 3.05) is 24.6 Å². The molecule has 12 heteroatoms. The number of carbonyl (C=O) groups is 1. The first-order valence-corrected chi connectivity index (χ1v) is 11.0. The van der Waals surface area contributed by atoms with E-state index in [1.54, 1.807) is 11.8 Å². The molecule has 1 N–H and O–H groups in total. The minimum atomic E-state index is -4.45. The summed E-state index contributed by atoms with van der Waals surface area (Å²) in [6, 6.07) is 3.77. The fourth-order valence-corrected chi connectivity index (χ4v) is 4.68. The Hall–Kier alpha value is -2.99. The summed E-state index contributed by atoms with van der Waals surface area (Å²) in [5.41, 5.74) is 3.77. The number of alkyl halides is 3. The van der Waals surface area contributed by atoms with Crippen molar-refractivity contribution in [1.29, 1.82) is 0 Å². The average Bonchev–Trinajstić information content (AvgIpc) is 3.37. The number of anilines is 1. The monoisotopic (exact) mass is 481 g/mol. The number of hydrogen-bond acceptors (Lipinski definition) is 8. The van der Waals surface area contributed by atoms with Crippen LogP contribution in [0.2, 0.25) is 0 Å². The Morgan fingerprint density at radius 2 is 1.97 bits per heavy atom. The number of hydrogen-bond donors (Lipinski definition) is 1. The number of nitrogens with zero attached hydrogens (tertiary/aromatic N) is 4. The molecule has 0 spiro atoms. The number of aromatic nitrogens is 3. The van der Waals surface area contributed by atoms with Gasteiger partial charge in [0.05, 0.1) is 36.0 Å². The maximum atomic E-state index is 13.2. The lowest BCUT2D eigenvalue weighted by molar-refractivity contribution is -0.221. The number of pyridine rings is 1. The average molecular weight is 482 g/mol. The van der Waals surface area contributed by atoms with Crippen LogP contribution in [0.1, 0.15) is 33.1 Å². The molecule has 1 aliphatic rings. The van der Waals surface area contributed by atoms with Crippen LogP contribution in [0.5, 0.6) is 0 Å². The van der Waals surface area contributed by atoms with Gasteiger partial charge >= 0.3 is 6.18 Å². The van der Waals surface area contributed by atoms with Crippen LogP contribution in [0.3, 0.4) is 0 Å². The molecule has 176 valence electrons. The summed E-state index contributed by atoms with van der Waals surface area (Å²) in [4.78, 5) is 23.9. The van der Waals surface area contributed by atoms with E-state index in [0.29, 0.717) is 28.6 Å². The molecular weight excluding hydrogens is 459 g/mol. The number of halogens is 3. The Morgan fingerprint density at radius 1 is 1.24 bits per heavy atom. The minimum Gasteiger partial charge on any atom is -0.365 e. The highest BCUT2D eigenvalue weighted by Gasteiger charge is 2.44. The number of amides is 1. The topological polar surface area (TPSA) is 93.4 Å². The zero-order valence-corrected chi connectivity index (χ0v) is 19.0. The van der Waals surface area contributed by atoms with E-state index in [4.69, 9.17) is 9.26 Å². The van der Waals surface area contributed by atoms with E-state index in [9.17, 15) is 18.0 Å². The Labute approximate surface area is 191 Å². The van der Waals surface area contributed by atoms with E-state index < -0.39 is 12.3 Å². The van der Waals surface area contributed by atoms with Gasteiger partial charge in [-0.05, 0) is 38.5 Å². The third kappa shape index (κ3) is 5.17. The molecule has 4 rings (SSSR count). The third-order valence-electron chi connectivity index (χ3n) is 5.14. The number of morpholine rings is 1. The summed E-state index contributed by atoms with van der Waals surface area (Å²) in [5.74, 6) is -0.375. The van der Waals surface area contributed by atoms with Gasteiger partial charge in [-0.25, -0.2) is 4.98 Å². The van der Waals surface area contributed by atoms with Gasteiger partial charge in [-0.2, -0.15) is 13.2 Å². The van der Waals surface area contributed by atoms with Gasteiger partial charge in [-0.15, -0.1) is 0 Å². The Balaban J connectivity index is 1.64. The first-order chi connectivity index (χ1) is 15.6. The van der Waals surface area contributed by atoms with Crippen LogP contribution in [0.4, 0.5) is 18.3 Å². The van der Waals surface area contributed by atoms with Crippen LogP contribution in [0.15, 0.2) is 22.9 Å². The zero-order chi connectivity index (χ0) is 23.8. The van der Waals surface area contributed by atoms with Crippen molar-refractivity contribution in [2.24, 2.45) is 0 Å². The second-order valence-corrected chi connectivity index (χ2v) is 8.73. The number of nitrogens with one attached hydrogen (secondary N) is 1. The molecule has 1 fully saturated rings. The van der Waals surface area contributed by atoms with E-state index in [-0.39, 0.29) is 25.6 Å². The molecule has 1 saturated heterocycles. The maximum Gasteiger partial charge on any atom is 0.416 e. The van der Waals surface area contributed by atoms with Gasteiger partial charge < -0.3 is 19.5 Å². The Kier molecular flexibility index (Phi) is 6.39. The normalized spacial score (nSPS) is 16.8. The van der Waals surface area contributed by atoms with Crippen LogP contribution in [-0.2, 0) is 11.3 Å². The molecule has 1 unspecified atom stereocenters. The molecule has 1 atom stereocenters. The number of aryl methyl sites for hydroxylation is 3. The van der Waals surface area contributed by atoms with Gasteiger partial charge in [-0.3, -0.25) is 9.78 Å². The molecule has 0 bridgehead atoms. The third-order valence-corrected chi connectivity index (χ3v) is 6.35. The highest BCUT2D eigenvalue weighted by Crippen LogP contribution is 2.37. The van der Waals surface area contributed by atoms with E-state index in [1.165, 1.54) is 17.6 Å². The van der Waals surface area contributed by atoms with Crippen molar-refractivity contribution in [1.82, 2.24) is 20.4 Å². The van der Waals surface area contributed by atoms with Crippen LogP contribution in [-0.4, -0.2) is 53.0 Å². The second kappa shape index (κ2) is 9.10.